The van der Waals surface area contributed by atoms with Crippen molar-refractivity contribution in [2.24, 2.45) is 0 Å². The van der Waals surface area contributed by atoms with Crippen molar-refractivity contribution in [3.05, 3.63) is 71.8 Å². The normalized spacial score (nSPS) is 12.5. The van der Waals surface area contributed by atoms with Gasteiger partial charge in [-0.3, -0.25) is 14.6 Å². The summed E-state index contributed by atoms with van der Waals surface area (Å²) in [6.45, 7) is 7.79. The molecule has 0 aliphatic heterocycles. The molecular formula is C27H34N6O2S. The van der Waals surface area contributed by atoms with Crippen LogP contribution in [0, 0.1) is 13.8 Å². The first-order valence-electron chi connectivity index (χ1n) is 11.9. The van der Waals surface area contributed by atoms with E-state index in [-0.39, 0.29) is 24.1 Å². The van der Waals surface area contributed by atoms with Gasteiger partial charge in [0.1, 0.15) is 5.54 Å². The minimum atomic E-state index is -1.09. The van der Waals surface area contributed by atoms with E-state index in [2.05, 4.69) is 20.3 Å². The number of benzene rings is 1. The average Bonchev–Trinajstić information content (AvgIpc) is 2.85. The monoisotopic (exact) mass is 506 g/mol. The molecule has 0 aliphatic carbocycles. The molecular weight excluding hydrogens is 472 g/mol. The van der Waals surface area contributed by atoms with Crippen molar-refractivity contribution in [1.82, 2.24) is 19.9 Å². The minimum Gasteiger partial charge on any atom is -0.378 e. The fourth-order valence-corrected chi connectivity index (χ4v) is 4.58. The van der Waals surface area contributed by atoms with Crippen molar-refractivity contribution >= 4 is 35.0 Å². The summed E-state index contributed by atoms with van der Waals surface area (Å²) in [5.41, 5.74) is 3.17. The van der Waals surface area contributed by atoms with E-state index in [0.29, 0.717) is 17.3 Å². The van der Waals surface area contributed by atoms with Gasteiger partial charge in [-0.1, -0.05) is 24.8 Å². The van der Waals surface area contributed by atoms with Crippen LogP contribution in [-0.4, -0.2) is 57.1 Å². The summed E-state index contributed by atoms with van der Waals surface area (Å²) in [6, 6.07) is 13.2. The van der Waals surface area contributed by atoms with Gasteiger partial charge >= 0.3 is 0 Å². The van der Waals surface area contributed by atoms with Gasteiger partial charge in [-0.25, -0.2) is 9.97 Å². The number of nitrogens with one attached hydrogen (secondary N) is 1. The largest absolute Gasteiger partial charge is 0.378 e. The molecule has 0 saturated heterocycles. The van der Waals surface area contributed by atoms with Crippen LogP contribution in [0.1, 0.15) is 37.2 Å². The van der Waals surface area contributed by atoms with E-state index >= 15 is 0 Å². The molecule has 1 N–H and O–H groups in total. The lowest BCUT2D eigenvalue weighted by Gasteiger charge is -2.39. The average molecular weight is 507 g/mol. The maximum absolute atomic E-state index is 13.6. The van der Waals surface area contributed by atoms with Crippen LogP contribution in [0.15, 0.2) is 60.0 Å². The van der Waals surface area contributed by atoms with Crippen molar-refractivity contribution in [2.75, 3.05) is 30.1 Å². The van der Waals surface area contributed by atoms with Gasteiger partial charge in [0.15, 0.2) is 5.16 Å². The Kier molecular flexibility index (Phi) is 9.03. The Morgan fingerprint density at radius 2 is 1.72 bits per heavy atom. The zero-order valence-corrected chi connectivity index (χ0v) is 22.6. The standard InChI is InChI=1S/C27H34N6O2S/c1-7-27(4,25(35)31-22-10-12-23(13-11-22)32(5)6)33(17-21-9-8-14-28-16-21)24(34)18-36-26-29-19(2)15-20(3)30-26/h8-16H,7,17-18H2,1-6H3,(H,31,35). The topological polar surface area (TPSA) is 91.3 Å². The molecule has 2 aromatic heterocycles. The van der Waals surface area contributed by atoms with Crippen LogP contribution in [0.4, 0.5) is 11.4 Å². The van der Waals surface area contributed by atoms with Gasteiger partial charge in [-0.2, -0.15) is 0 Å². The van der Waals surface area contributed by atoms with Crippen LogP contribution in [0.25, 0.3) is 0 Å². The van der Waals surface area contributed by atoms with Crippen LogP contribution < -0.4 is 10.2 Å². The third-order valence-corrected chi connectivity index (χ3v) is 6.90. The first kappa shape index (κ1) is 27.1. The van der Waals surface area contributed by atoms with Crippen LogP contribution in [-0.2, 0) is 16.1 Å². The summed E-state index contributed by atoms with van der Waals surface area (Å²) in [7, 11) is 3.93. The van der Waals surface area contributed by atoms with Gasteiger partial charge in [-0.15, -0.1) is 0 Å². The molecule has 0 spiro atoms. The molecule has 0 fully saturated rings. The zero-order chi connectivity index (χ0) is 26.3. The van der Waals surface area contributed by atoms with E-state index < -0.39 is 5.54 Å². The number of pyridine rings is 1. The maximum Gasteiger partial charge on any atom is 0.250 e. The molecule has 2 amide bonds. The Balaban J connectivity index is 1.85. The minimum absolute atomic E-state index is 0.115. The summed E-state index contributed by atoms with van der Waals surface area (Å²) in [5.74, 6) is -0.301. The number of carbonyl (C=O) groups is 2. The molecule has 190 valence electrons. The predicted octanol–water partition coefficient (Wildman–Crippen LogP) is 4.48. The van der Waals surface area contributed by atoms with Crippen LogP contribution in [0.5, 0.6) is 0 Å². The lowest BCUT2D eigenvalue weighted by molar-refractivity contribution is -0.143. The second-order valence-corrected chi connectivity index (χ2v) is 10.0. The highest BCUT2D eigenvalue weighted by Crippen LogP contribution is 2.27. The molecule has 3 rings (SSSR count). The number of amides is 2. The maximum atomic E-state index is 13.6. The van der Waals surface area contributed by atoms with Gasteiger partial charge < -0.3 is 15.1 Å². The van der Waals surface area contributed by atoms with Crippen molar-refractivity contribution in [2.45, 2.75) is 51.4 Å². The zero-order valence-electron chi connectivity index (χ0n) is 21.8. The fourth-order valence-electron chi connectivity index (χ4n) is 3.76. The van der Waals surface area contributed by atoms with Crippen molar-refractivity contribution in [1.29, 1.82) is 0 Å². The predicted molar refractivity (Wildman–Crippen MR) is 145 cm³/mol. The van der Waals surface area contributed by atoms with E-state index in [1.165, 1.54) is 11.8 Å². The molecule has 0 saturated carbocycles. The number of anilines is 2. The molecule has 3 aromatic rings. The Morgan fingerprint density at radius 1 is 1.06 bits per heavy atom. The molecule has 1 atom stereocenters. The number of aromatic nitrogens is 3. The number of carbonyl (C=O) groups excluding carboxylic acids is 2. The van der Waals surface area contributed by atoms with E-state index in [1.807, 2.05) is 89.2 Å². The summed E-state index contributed by atoms with van der Waals surface area (Å²) in [4.78, 5) is 43.9. The number of thioether (sulfide) groups is 1. The highest BCUT2D eigenvalue weighted by molar-refractivity contribution is 7.99. The van der Waals surface area contributed by atoms with Crippen LogP contribution in [0.3, 0.4) is 0 Å². The first-order chi connectivity index (χ1) is 17.1. The summed E-state index contributed by atoms with van der Waals surface area (Å²) >= 11 is 1.28. The lowest BCUT2D eigenvalue weighted by atomic mass is 9.93. The van der Waals surface area contributed by atoms with Gasteiger partial charge in [0.2, 0.25) is 11.8 Å². The van der Waals surface area contributed by atoms with Crippen molar-refractivity contribution in [3.63, 3.8) is 0 Å². The van der Waals surface area contributed by atoms with E-state index in [1.54, 1.807) is 17.3 Å². The van der Waals surface area contributed by atoms with Crippen molar-refractivity contribution < 1.29 is 9.59 Å². The number of rotatable bonds is 10. The van der Waals surface area contributed by atoms with E-state index in [9.17, 15) is 9.59 Å². The van der Waals surface area contributed by atoms with E-state index in [4.69, 9.17) is 0 Å². The lowest BCUT2D eigenvalue weighted by Crippen LogP contribution is -2.57. The number of nitrogens with zero attached hydrogens (tertiary/aromatic N) is 5. The second-order valence-electron chi connectivity index (χ2n) is 9.09. The Hall–Kier alpha value is -3.46. The molecule has 9 heteroatoms. The summed E-state index contributed by atoms with van der Waals surface area (Å²) < 4.78 is 0. The molecule has 0 bridgehead atoms. The van der Waals surface area contributed by atoms with Crippen LogP contribution in [0.2, 0.25) is 0 Å². The second kappa shape index (κ2) is 12.0. The summed E-state index contributed by atoms with van der Waals surface area (Å²) in [5, 5.41) is 3.56. The van der Waals surface area contributed by atoms with Gasteiger partial charge in [-0.05, 0) is 69.2 Å². The third-order valence-electron chi connectivity index (χ3n) is 6.07. The molecule has 8 nitrogen and oxygen atoms in total. The van der Waals surface area contributed by atoms with Gasteiger partial charge in [0.25, 0.3) is 0 Å². The Bertz CT molecular complexity index is 1170. The summed E-state index contributed by atoms with van der Waals surface area (Å²) in [6.07, 6.45) is 3.84. The number of hydrogen-bond acceptors (Lipinski definition) is 7. The molecule has 1 unspecified atom stereocenters. The molecule has 2 heterocycles. The van der Waals surface area contributed by atoms with Gasteiger partial charge in [0.05, 0.1) is 5.75 Å². The molecule has 0 aliphatic rings. The molecule has 0 radical (unpaired) electrons. The third kappa shape index (κ3) is 6.81. The number of aryl methyl sites for hydroxylation is 2. The highest BCUT2D eigenvalue weighted by atomic mass is 32.2. The number of hydrogen-bond donors (Lipinski definition) is 1. The highest BCUT2D eigenvalue weighted by Gasteiger charge is 2.40. The quantitative estimate of drug-likeness (QED) is 0.320. The fraction of sp³-hybridized carbons (Fsp3) is 0.370. The molecule has 36 heavy (non-hydrogen) atoms. The van der Waals surface area contributed by atoms with E-state index in [0.717, 1.165) is 22.6 Å². The first-order valence-corrected chi connectivity index (χ1v) is 12.8. The molecule has 1 aromatic carbocycles. The van der Waals surface area contributed by atoms with Crippen LogP contribution >= 0.6 is 11.8 Å². The smallest absolute Gasteiger partial charge is 0.250 e. The van der Waals surface area contributed by atoms with Crippen molar-refractivity contribution in [3.8, 4) is 0 Å². The Morgan fingerprint density at radius 3 is 2.28 bits per heavy atom. The Labute approximate surface area is 217 Å². The van der Waals surface area contributed by atoms with Gasteiger partial charge in [0, 0.05) is 55.8 Å². The SMILES string of the molecule is CCC(C)(C(=O)Nc1ccc(N(C)C)cc1)N(Cc1cccnc1)C(=O)CSc1nc(C)cc(C)n1.